The van der Waals surface area contributed by atoms with Crippen LogP contribution in [0.5, 0.6) is 0 Å². The lowest BCUT2D eigenvalue weighted by Crippen LogP contribution is -2.12. The van der Waals surface area contributed by atoms with Gasteiger partial charge in [-0.2, -0.15) is 5.10 Å². The maximum atomic E-state index is 12.9. The van der Waals surface area contributed by atoms with Crippen LogP contribution in [0.1, 0.15) is 35.3 Å². The molecule has 0 saturated heterocycles. The minimum absolute atomic E-state index is 0.174. The quantitative estimate of drug-likeness (QED) is 0.725. The number of nitrogens with zero attached hydrogens (tertiary/aromatic N) is 2. The fourth-order valence-electron chi connectivity index (χ4n) is 3.36. The number of benzene rings is 2. The smallest absolute Gasteiger partial charge is 0.256 e. The summed E-state index contributed by atoms with van der Waals surface area (Å²) in [4.78, 5) is 12.9. The Hall–Kier alpha value is -2.37. The molecule has 0 atom stereocenters. The van der Waals surface area contributed by atoms with Crippen LogP contribution in [-0.4, -0.2) is 15.7 Å². The first kappa shape index (κ1) is 17.1. The second kappa shape index (κ2) is 6.74. The summed E-state index contributed by atoms with van der Waals surface area (Å²) >= 11 is 6.23. The Bertz CT molecular complexity index is 993. The number of carbonyl (C=O) groups is 1. The van der Waals surface area contributed by atoms with Crippen molar-refractivity contribution in [3.63, 3.8) is 0 Å². The van der Waals surface area contributed by atoms with Crippen molar-refractivity contribution < 1.29 is 4.79 Å². The molecule has 0 radical (unpaired) electrons. The predicted molar refractivity (Wildman–Crippen MR) is 105 cm³/mol. The monoisotopic (exact) mass is 368 g/mol. The van der Waals surface area contributed by atoms with Gasteiger partial charge in [0.05, 0.1) is 11.1 Å². The molecular formula is C20H21ClN4O. The number of aromatic nitrogens is 2. The summed E-state index contributed by atoms with van der Waals surface area (Å²) in [5.41, 5.74) is 4.58. The number of hydrogen-bond donors (Lipinski definition) is 2. The normalized spacial score (nSPS) is 13.4. The molecule has 0 spiro atoms. The van der Waals surface area contributed by atoms with E-state index in [0.29, 0.717) is 16.5 Å². The lowest BCUT2D eigenvalue weighted by atomic mass is 10.1. The van der Waals surface area contributed by atoms with Gasteiger partial charge >= 0.3 is 0 Å². The Labute approximate surface area is 157 Å². The second-order valence-corrected chi connectivity index (χ2v) is 7.61. The summed E-state index contributed by atoms with van der Waals surface area (Å²) in [5.74, 6) is 0.296. The Kier molecular flexibility index (Phi) is 4.42. The zero-order chi connectivity index (χ0) is 18.3. The van der Waals surface area contributed by atoms with Crippen molar-refractivity contribution in [2.75, 3.05) is 5.32 Å². The van der Waals surface area contributed by atoms with Gasteiger partial charge in [-0.25, -0.2) is 0 Å². The van der Waals surface area contributed by atoms with Crippen molar-refractivity contribution in [3.05, 3.63) is 58.2 Å². The van der Waals surface area contributed by atoms with Gasteiger partial charge < -0.3 is 10.6 Å². The molecule has 0 fully saturated rings. The molecule has 3 aromatic rings. The lowest BCUT2D eigenvalue weighted by Gasteiger charge is -2.08. The van der Waals surface area contributed by atoms with E-state index in [1.165, 1.54) is 11.1 Å². The highest BCUT2D eigenvalue weighted by molar-refractivity contribution is 6.32. The summed E-state index contributed by atoms with van der Waals surface area (Å²) < 4.78 is 1.88. The third-order valence-corrected chi connectivity index (χ3v) is 4.75. The molecule has 1 aliphatic rings. The fourth-order valence-corrected chi connectivity index (χ4v) is 3.58. The van der Waals surface area contributed by atoms with Crippen molar-refractivity contribution in [1.82, 2.24) is 15.1 Å². The van der Waals surface area contributed by atoms with Crippen LogP contribution in [-0.2, 0) is 19.6 Å². The van der Waals surface area contributed by atoms with Crippen LogP contribution in [0.3, 0.4) is 0 Å². The molecular weight excluding hydrogens is 348 g/mol. The molecule has 0 bridgehead atoms. The Morgan fingerprint density at radius 1 is 1.27 bits per heavy atom. The van der Waals surface area contributed by atoms with E-state index in [-0.39, 0.29) is 5.91 Å². The largest absolute Gasteiger partial charge is 0.322 e. The summed E-state index contributed by atoms with van der Waals surface area (Å²) in [6.45, 7) is 6.78. The first-order valence-corrected chi connectivity index (χ1v) is 9.18. The number of amides is 1. The highest BCUT2D eigenvalue weighted by Gasteiger charge is 2.16. The first-order chi connectivity index (χ1) is 12.5. The minimum Gasteiger partial charge on any atom is -0.322 e. The molecule has 26 heavy (non-hydrogen) atoms. The van der Waals surface area contributed by atoms with Gasteiger partial charge in [0.1, 0.15) is 0 Å². The topological polar surface area (TPSA) is 59.0 Å². The van der Waals surface area contributed by atoms with E-state index >= 15 is 0 Å². The Morgan fingerprint density at radius 3 is 2.88 bits per heavy atom. The molecule has 2 heterocycles. The highest BCUT2D eigenvalue weighted by atomic mass is 35.5. The summed E-state index contributed by atoms with van der Waals surface area (Å²) in [7, 11) is 0. The Balaban J connectivity index is 1.66. The van der Waals surface area contributed by atoms with Crippen LogP contribution in [0.4, 0.5) is 5.69 Å². The van der Waals surface area contributed by atoms with Gasteiger partial charge in [0.2, 0.25) is 0 Å². The highest BCUT2D eigenvalue weighted by Crippen LogP contribution is 2.26. The van der Waals surface area contributed by atoms with Gasteiger partial charge in [0.25, 0.3) is 5.91 Å². The van der Waals surface area contributed by atoms with E-state index in [1.54, 1.807) is 12.1 Å². The average molecular weight is 369 g/mol. The zero-order valence-corrected chi connectivity index (χ0v) is 15.6. The van der Waals surface area contributed by atoms with E-state index < -0.39 is 0 Å². The number of rotatable bonds is 4. The number of carbonyl (C=O) groups excluding carboxylic acids is 1. The third kappa shape index (κ3) is 3.32. The van der Waals surface area contributed by atoms with E-state index in [0.717, 1.165) is 36.2 Å². The van der Waals surface area contributed by atoms with E-state index in [2.05, 4.69) is 35.6 Å². The van der Waals surface area contributed by atoms with Crippen LogP contribution < -0.4 is 10.6 Å². The van der Waals surface area contributed by atoms with Crippen molar-refractivity contribution in [3.8, 4) is 0 Å². The van der Waals surface area contributed by atoms with Crippen LogP contribution in [0, 0.1) is 5.92 Å². The van der Waals surface area contributed by atoms with E-state index in [4.69, 9.17) is 11.6 Å². The fraction of sp³-hybridized carbons (Fsp3) is 0.300. The molecule has 1 aliphatic heterocycles. The number of anilines is 1. The summed E-state index contributed by atoms with van der Waals surface area (Å²) in [5, 5.41) is 12.2. The van der Waals surface area contributed by atoms with Gasteiger partial charge in [0.15, 0.2) is 0 Å². The standard InChI is InChI=1S/C20H21ClN4O/c1-12(2)10-25-11-18-17(6-15(21)7-19(18)24-25)20(26)23-16-4-3-13-8-22-9-14(13)5-16/h3-7,11-12,22H,8-10H2,1-2H3,(H,23,26). The number of nitrogens with one attached hydrogen (secondary N) is 2. The van der Waals surface area contributed by atoms with Crippen LogP contribution in [0.2, 0.25) is 5.02 Å². The van der Waals surface area contributed by atoms with E-state index in [9.17, 15) is 4.79 Å². The van der Waals surface area contributed by atoms with E-state index in [1.807, 2.05) is 23.0 Å². The molecule has 134 valence electrons. The molecule has 1 amide bonds. The van der Waals surface area contributed by atoms with Gasteiger partial charge in [-0.1, -0.05) is 31.5 Å². The van der Waals surface area contributed by atoms with Gasteiger partial charge in [0, 0.05) is 41.9 Å². The Morgan fingerprint density at radius 2 is 2.08 bits per heavy atom. The predicted octanol–water partition coefficient (Wildman–Crippen LogP) is 4.20. The first-order valence-electron chi connectivity index (χ1n) is 8.80. The molecule has 0 saturated carbocycles. The van der Waals surface area contributed by atoms with Gasteiger partial charge in [-0.3, -0.25) is 9.48 Å². The molecule has 6 heteroatoms. The van der Waals surface area contributed by atoms with Gasteiger partial charge in [-0.05, 0) is 41.3 Å². The summed E-state index contributed by atoms with van der Waals surface area (Å²) in [6.07, 6.45) is 1.92. The molecule has 4 rings (SSSR count). The molecule has 0 unspecified atom stereocenters. The van der Waals surface area contributed by atoms with Gasteiger partial charge in [-0.15, -0.1) is 0 Å². The lowest BCUT2D eigenvalue weighted by molar-refractivity contribution is 0.102. The second-order valence-electron chi connectivity index (χ2n) is 7.17. The molecule has 2 aromatic carbocycles. The van der Waals surface area contributed by atoms with Crippen molar-refractivity contribution >= 4 is 34.1 Å². The minimum atomic E-state index is -0.174. The van der Waals surface area contributed by atoms with Crippen molar-refractivity contribution in [2.24, 2.45) is 5.92 Å². The molecule has 1 aromatic heterocycles. The third-order valence-electron chi connectivity index (χ3n) is 4.53. The number of halogens is 1. The van der Waals surface area contributed by atoms with Crippen LogP contribution in [0.15, 0.2) is 36.5 Å². The summed E-state index contributed by atoms with van der Waals surface area (Å²) in [6, 6.07) is 9.52. The molecule has 0 aliphatic carbocycles. The average Bonchev–Trinajstić information content (AvgIpc) is 3.18. The zero-order valence-electron chi connectivity index (χ0n) is 14.8. The SMILES string of the molecule is CC(C)Cn1cc2c(C(=O)Nc3ccc4c(c3)CNC4)cc(Cl)cc2n1. The van der Waals surface area contributed by atoms with Crippen LogP contribution in [0.25, 0.3) is 10.9 Å². The number of hydrogen-bond acceptors (Lipinski definition) is 3. The molecule has 5 nitrogen and oxygen atoms in total. The molecule has 2 N–H and O–H groups in total. The number of fused-ring (bicyclic) bond motifs is 2. The van der Waals surface area contributed by atoms with Crippen molar-refractivity contribution in [1.29, 1.82) is 0 Å². The maximum Gasteiger partial charge on any atom is 0.256 e. The maximum absolute atomic E-state index is 12.9. The van der Waals surface area contributed by atoms with Crippen molar-refractivity contribution in [2.45, 2.75) is 33.5 Å². The van der Waals surface area contributed by atoms with Crippen LogP contribution >= 0.6 is 11.6 Å².